The van der Waals surface area contributed by atoms with Crippen molar-refractivity contribution in [3.8, 4) is 5.75 Å². The van der Waals surface area contributed by atoms with Crippen LogP contribution in [0, 0.1) is 6.92 Å². The maximum Gasteiger partial charge on any atom is 0.142 e. The zero-order valence-corrected chi connectivity index (χ0v) is 12.1. The fraction of sp³-hybridized carbons (Fsp3) is 0.333. The molecular weight excluding hydrogens is 252 g/mol. The summed E-state index contributed by atoms with van der Waals surface area (Å²) in [6, 6.07) is 7.76. The van der Waals surface area contributed by atoms with Crippen LogP contribution in [0.25, 0.3) is 0 Å². The van der Waals surface area contributed by atoms with Gasteiger partial charge in [-0.15, -0.1) is 0 Å². The van der Waals surface area contributed by atoms with Crippen molar-refractivity contribution >= 4 is 17.3 Å². The van der Waals surface area contributed by atoms with Gasteiger partial charge in [0.1, 0.15) is 23.7 Å². The summed E-state index contributed by atoms with van der Waals surface area (Å²) >= 11 is 0. The van der Waals surface area contributed by atoms with Gasteiger partial charge in [-0.25, -0.2) is 9.97 Å². The summed E-state index contributed by atoms with van der Waals surface area (Å²) in [5.74, 6) is 2.43. The van der Waals surface area contributed by atoms with Gasteiger partial charge < -0.3 is 15.4 Å². The second kappa shape index (κ2) is 6.75. The Balaban J connectivity index is 2.25. The average Bonchev–Trinajstić information content (AvgIpc) is 2.48. The van der Waals surface area contributed by atoms with E-state index in [1.54, 1.807) is 13.4 Å². The number of ether oxygens (including phenoxy) is 1. The van der Waals surface area contributed by atoms with E-state index >= 15 is 0 Å². The summed E-state index contributed by atoms with van der Waals surface area (Å²) in [5, 5.41) is 6.59. The molecule has 2 N–H and O–H groups in total. The Hall–Kier alpha value is -2.30. The molecule has 0 aliphatic rings. The van der Waals surface area contributed by atoms with Gasteiger partial charge in [0.05, 0.1) is 12.8 Å². The first kappa shape index (κ1) is 14.1. The molecule has 2 aromatic rings. The highest BCUT2D eigenvalue weighted by Crippen LogP contribution is 2.28. The van der Waals surface area contributed by atoms with E-state index in [0.717, 1.165) is 41.6 Å². The smallest absolute Gasteiger partial charge is 0.142 e. The number of para-hydroxylation sites is 2. The lowest BCUT2D eigenvalue weighted by Gasteiger charge is -2.14. The summed E-state index contributed by atoms with van der Waals surface area (Å²) in [6.07, 6.45) is 2.61. The molecule has 0 unspecified atom stereocenters. The molecule has 1 heterocycles. The monoisotopic (exact) mass is 272 g/mol. The van der Waals surface area contributed by atoms with Gasteiger partial charge in [-0.3, -0.25) is 0 Å². The van der Waals surface area contributed by atoms with E-state index in [0.29, 0.717) is 0 Å². The van der Waals surface area contributed by atoms with Crippen molar-refractivity contribution in [2.75, 3.05) is 24.3 Å². The van der Waals surface area contributed by atoms with Crippen LogP contribution in [-0.4, -0.2) is 23.6 Å². The largest absolute Gasteiger partial charge is 0.495 e. The van der Waals surface area contributed by atoms with E-state index in [4.69, 9.17) is 4.74 Å². The van der Waals surface area contributed by atoms with Crippen LogP contribution in [0.5, 0.6) is 5.75 Å². The Morgan fingerprint density at radius 1 is 1.15 bits per heavy atom. The lowest BCUT2D eigenvalue weighted by molar-refractivity contribution is 0.417. The van der Waals surface area contributed by atoms with Crippen LogP contribution in [-0.2, 0) is 0 Å². The van der Waals surface area contributed by atoms with Crippen LogP contribution in [0.15, 0.2) is 30.6 Å². The predicted octanol–water partition coefficient (Wildman–Crippen LogP) is 3.36. The number of benzene rings is 1. The first-order valence-electron chi connectivity index (χ1n) is 6.71. The number of anilines is 3. The highest BCUT2D eigenvalue weighted by atomic mass is 16.5. The van der Waals surface area contributed by atoms with E-state index < -0.39 is 0 Å². The van der Waals surface area contributed by atoms with Crippen LogP contribution in [0.3, 0.4) is 0 Å². The molecule has 1 aromatic carbocycles. The molecule has 0 saturated carbocycles. The van der Waals surface area contributed by atoms with Crippen LogP contribution < -0.4 is 15.4 Å². The standard InChI is InChI=1S/C15H20N4O/c1-4-9-16-14-11(2)15(18-10-17-14)19-12-7-5-6-8-13(12)20-3/h5-8,10H,4,9H2,1-3H3,(H2,16,17,18,19). The van der Waals surface area contributed by atoms with Crippen molar-refractivity contribution in [2.24, 2.45) is 0 Å². The highest BCUT2D eigenvalue weighted by molar-refractivity contribution is 5.68. The number of rotatable bonds is 6. The van der Waals surface area contributed by atoms with E-state index in [1.165, 1.54) is 0 Å². The molecule has 0 fully saturated rings. The van der Waals surface area contributed by atoms with Crippen LogP contribution in [0.4, 0.5) is 17.3 Å². The lowest BCUT2D eigenvalue weighted by Crippen LogP contribution is -2.07. The van der Waals surface area contributed by atoms with Gasteiger partial charge in [-0.1, -0.05) is 19.1 Å². The van der Waals surface area contributed by atoms with Gasteiger partial charge >= 0.3 is 0 Å². The van der Waals surface area contributed by atoms with E-state index in [1.807, 2.05) is 31.2 Å². The zero-order chi connectivity index (χ0) is 14.4. The Kier molecular flexibility index (Phi) is 4.76. The van der Waals surface area contributed by atoms with E-state index in [2.05, 4.69) is 27.5 Å². The van der Waals surface area contributed by atoms with Gasteiger partial charge in [-0.05, 0) is 25.5 Å². The van der Waals surface area contributed by atoms with Gasteiger partial charge in [0.2, 0.25) is 0 Å². The summed E-state index contributed by atoms with van der Waals surface area (Å²) in [7, 11) is 1.65. The first-order chi connectivity index (χ1) is 9.76. The molecular formula is C15H20N4O. The molecule has 1 aromatic heterocycles. The number of hydrogen-bond donors (Lipinski definition) is 2. The Labute approximate surface area is 119 Å². The minimum atomic E-state index is 0.781. The van der Waals surface area contributed by atoms with Gasteiger partial charge in [0.15, 0.2) is 0 Å². The zero-order valence-electron chi connectivity index (χ0n) is 12.1. The second-order valence-electron chi connectivity index (χ2n) is 4.45. The third-order valence-electron chi connectivity index (χ3n) is 2.99. The molecule has 5 heteroatoms. The van der Waals surface area contributed by atoms with Crippen molar-refractivity contribution in [3.05, 3.63) is 36.2 Å². The Morgan fingerprint density at radius 3 is 2.65 bits per heavy atom. The van der Waals surface area contributed by atoms with Crippen LogP contribution in [0.2, 0.25) is 0 Å². The topological polar surface area (TPSA) is 59.1 Å². The Bertz CT molecular complexity index is 572. The molecule has 0 spiro atoms. The average molecular weight is 272 g/mol. The summed E-state index contributed by atoms with van der Waals surface area (Å²) in [5.41, 5.74) is 1.88. The van der Waals surface area contributed by atoms with E-state index in [9.17, 15) is 0 Å². The van der Waals surface area contributed by atoms with Crippen molar-refractivity contribution in [2.45, 2.75) is 20.3 Å². The predicted molar refractivity (Wildman–Crippen MR) is 81.8 cm³/mol. The number of methoxy groups -OCH3 is 1. The summed E-state index contributed by atoms with van der Waals surface area (Å²) < 4.78 is 5.33. The molecule has 20 heavy (non-hydrogen) atoms. The van der Waals surface area contributed by atoms with Gasteiger partial charge in [0, 0.05) is 12.1 Å². The minimum Gasteiger partial charge on any atom is -0.495 e. The number of hydrogen-bond acceptors (Lipinski definition) is 5. The lowest BCUT2D eigenvalue weighted by atomic mass is 10.2. The number of nitrogens with zero attached hydrogens (tertiary/aromatic N) is 2. The van der Waals surface area contributed by atoms with E-state index in [-0.39, 0.29) is 0 Å². The number of nitrogens with one attached hydrogen (secondary N) is 2. The highest BCUT2D eigenvalue weighted by Gasteiger charge is 2.09. The van der Waals surface area contributed by atoms with Gasteiger partial charge in [-0.2, -0.15) is 0 Å². The van der Waals surface area contributed by atoms with Crippen molar-refractivity contribution in [1.82, 2.24) is 9.97 Å². The molecule has 0 radical (unpaired) electrons. The second-order valence-corrected chi connectivity index (χ2v) is 4.45. The van der Waals surface area contributed by atoms with Crippen molar-refractivity contribution < 1.29 is 4.74 Å². The molecule has 0 saturated heterocycles. The Morgan fingerprint density at radius 2 is 1.90 bits per heavy atom. The third kappa shape index (κ3) is 3.17. The summed E-state index contributed by atoms with van der Waals surface area (Å²) in [6.45, 7) is 5.01. The molecule has 0 aliphatic carbocycles. The normalized spacial score (nSPS) is 10.2. The van der Waals surface area contributed by atoms with Crippen molar-refractivity contribution in [1.29, 1.82) is 0 Å². The SMILES string of the molecule is CCCNc1ncnc(Nc2ccccc2OC)c1C. The molecule has 106 valence electrons. The molecule has 0 amide bonds. The quantitative estimate of drug-likeness (QED) is 0.844. The van der Waals surface area contributed by atoms with Crippen molar-refractivity contribution in [3.63, 3.8) is 0 Å². The summed E-state index contributed by atoms with van der Waals surface area (Å²) in [4.78, 5) is 8.57. The fourth-order valence-electron chi connectivity index (χ4n) is 1.87. The maximum absolute atomic E-state index is 5.33. The fourth-order valence-corrected chi connectivity index (χ4v) is 1.87. The number of aromatic nitrogens is 2. The van der Waals surface area contributed by atoms with Gasteiger partial charge in [0.25, 0.3) is 0 Å². The first-order valence-corrected chi connectivity index (χ1v) is 6.71. The molecule has 5 nitrogen and oxygen atoms in total. The molecule has 0 bridgehead atoms. The maximum atomic E-state index is 5.33. The molecule has 2 rings (SSSR count). The third-order valence-corrected chi connectivity index (χ3v) is 2.99. The molecule has 0 atom stereocenters. The molecule has 0 aliphatic heterocycles. The van der Waals surface area contributed by atoms with Crippen LogP contribution >= 0.6 is 0 Å². The van der Waals surface area contributed by atoms with Crippen LogP contribution in [0.1, 0.15) is 18.9 Å². The minimum absolute atomic E-state index is 0.781.